The summed E-state index contributed by atoms with van der Waals surface area (Å²) in [5.74, 6) is -1.22. The summed E-state index contributed by atoms with van der Waals surface area (Å²) in [6.45, 7) is 2.76. The van der Waals surface area contributed by atoms with Crippen LogP contribution < -0.4 is 10.6 Å². The van der Waals surface area contributed by atoms with E-state index in [1.807, 2.05) is 42.5 Å². The molecule has 2 aliphatic carbocycles. The molecule has 3 unspecified atom stereocenters. The van der Waals surface area contributed by atoms with Crippen molar-refractivity contribution in [2.75, 3.05) is 23.7 Å². The van der Waals surface area contributed by atoms with E-state index in [0.717, 1.165) is 35.7 Å². The van der Waals surface area contributed by atoms with Gasteiger partial charge in [0.25, 0.3) is 0 Å². The summed E-state index contributed by atoms with van der Waals surface area (Å²) in [6.07, 6.45) is 9.03. The van der Waals surface area contributed by atoms with E-state index in [1.165, 1.54) is 31.9 Å². The van der Waals surface area contributed by atoms with Crippen LogP contribution in [0, 0.1) is 18.8 Å². The topological polar surface area (TPSA) is 61.4 Å². The predicted octanol–water partition coefficient (Wildman–Crippen LogP) is 7.38. The Bertz CT molecular complexity index is 1450. The molecule has 1 amide bonds. The fourth-order valence-corrected chi connectivity index (χ4v) is 7.10. The minimum absolute atomic E-state index is 0.0734. The van der Waals surface area contributed by atoms with Gasteiger partial charge in [0.15, 0.2) is 0 Å². The van der Waals surface area contributed by atoms with Crippen LogP contribution >= 0.6 is 0 Å². The first-order valence-corrected chi connectivity index (χ1v) is 14.9. The molecule has 0 spiro atoms. The largest absolute Gasteiger partial charge is 0.416 e. The van der Waals surface area contributed by atoms with Gasteiger partial charge in [0.2, 0.25) is 11.7 Å². The molecule has 0 radical (unpaired) electrons. The van der Waals surface area contributed by atoms with E-state index in [2.05, 4.69) is 15.5 Å². The van der Waals surface area contributed by atoms with Gasteiger partial charge < -0.3 is 15.5 Å². The molecule has 42 heavy (non-hydrogen) atoms. The SMILES string of the molecule is Cc1ccc(NC(=O)C2CCC3CN4CC=CC=C4C(=O)C=C3C2c2ccc(NC3CCCC3)cc2)cc1C(F)(F)F. The van der Waals surface area contributed by atoms with Crippen LogP contribution in [0.25, 0.3) is 0 Å². The third-order valence-electron chi connectivity index (χ3n) is 9.25. The Balaban J connectivity index is 1.33. The van der Waals surface area contributed by atoms with Crippen LogP contribution in [0.15, 0.2) is 78.0 Å². The van der Waals surface area contributed by atoms with E-state index in [-0.39, 0.29) is 34.8 Å². The zero-order valence-corrected chi connectivity index (χ0v) is 23.7. The second-order valence-electron chi connectivity index (χ2n) is 12.0. The number of halogens is 3. The van der Waals surface area contributed by atoms with Crippen molar-refractivity contribution in [3.8, 4) is 0 Å². The number of fused-ring (bicyclic) bond motifs is 2. The van der Waals surface area contributed by atoms with Crippen LogP contribution in [-0.2, 0) is 15.8 Å². The number of ketones is 1. The monoisotopic (exact) mass is 575 g/mol. The molecule has 2 aromatic carbocycles. The quantitative estimate of drug-likeness (QED) is 0.391. The highest BCUT2D eigenvalue weighted by atomic mass is 19.4. The lowest BCUT2D eigenvalue weighted by molar-refractivity contribution is -0.138. The molecular formula is C34H36F3N3O2. The molecule has 5 nitrogen and oxygen atoms in total. The van der Waals surface area contributed by atoms with Gasteiger partial charge in [0.05, 0.1) is 11.3 Å². The van der Waals surface area contributed by atoms with Crippen LogP contribution in [0.2, 0.25) is 0 Å². The van der Waals surface area contributed by atoms with E-state index in [1.54, 1.807) is 6.08 Å². The molecule has 2 heterocycles. The van der Waals surface area contributed by atoms with E-state index in [4.69, 9.17) is 0 Å². The maximum atomic E-state index is 13.8. The number of allylic oxidation sites excluding steroid dienone is 3. The minimum Gasteiger partial charge on any atom is -0.382 e. The standard InChI is InChI=1S/C34H36F3N3O2/c1-21-9-13-26(18-29(21)34(35,36)37)39-33(42)27-16-12-23-20-40-17-5-4-8-30(40)31(41)19-28(23)32(27)22-10-14-25(15-11-22)38-24-6-2-3-7-24/h4-5,8-11,13-15,18-19,23-24,27,32,38H,2-3,6-7,12,16-17,20H2,1H3,(H,39,42). The van der Waals surface area contributed by atoms with Crippen molar-refractivity contribution < 1.29 is 22.8 Å². The fourth-order valence-electron chi connectivity index (χ4n) is 7.10. The van der Waals surface area contributed by atoms with Crippen molar-refractivity contribution in [2.45, 2.75) is 63.6 Å². The summed E-state index contributed by atoms with van der Waals surface area (Å²) in [7, 11) is 0. The molecule has 0 aromatic heterocycles. The lowest BCUT2D eigenvalue weighted by atomic mass is 9.67. The minimum atomic E-state index is -4.51. The smallest absolute Gasteiger partial charge is 0.382 e. The molecule has 2 aliphatic heterocycles. The van der Waals surface area contributed by atoms with Gasteiger partial charge in [0.1, 0.15) is 0 Å². The molecule has 6 rings (SSSR count). The number of aryl methyl sites for hydroxylation is 1. The third-order valence-corrected chi connectivity index (χ3v) is 9.25. The van der Waals surface area contributed by atoms with E-state index in [0.29, 0.717) is 37.7 Å². The van der Waals surface area contributed by atoms with Crippen LogP contribution in [-0.4, -0.2) is 35.7 Å². The number of carbonyl (C=O) groups is 2. The number of hydrogen-bond donors (Lipinski definition) is 2. The van der Waals surface area contributed by atoms with E-state index < -0.39 is 17.7 Å². The van der Waals surface area contributed by atoms with Gasteiger partial charge in [-0.15, -0.1) is 0 Å². The van der Waals surface area contributed by atoms with Gasteiger partial charge >= 0.3 is 6.18 Å². The molecule has 220 valence electrons. The normalized spacial score (nSPS) is 24.3. The zero-order chi connectivity index (χ0) is 29.4. The number of rotatable bonds is 5. The maximum absolute atomic E-state index is 13.8. The zero-order valence-electron chi connectivity index (χ0n) is 23.7. The highest BCUT2D eigenvalue weighted by Gasteiger charge is 2.42. The molecule has 0 bridgehead atoms. The molecule has 2 N–H and O–H groups in total. The van der Waals surface area contributed by atoms with Crippen LogP contribution in [0.4, 0.5) is 24.5 Å². The average molecular weight is 576 g/mol. The summed E-state index contributed by atoms with van der Waals surface area (Å²) < 4.78 is 40.7. The summed E-state index contributed by atoms with van der Waals surface area (Å²) in [6, 6.07) is 12.5. The van der Waals surface area contributed by atoms with Gasteiger partial charge in [-0.25, -0.2) is 0 Å². The number of alkyl halides is 3. The molecule has 2 aromatic rings. The Hall–Kier alpha value is -3.81. The summed E-state index contributed by atoms with van der Waals surface area (Å²) in [4.78, 5) is 29.4. The summed E-state index contributed by atoms with van der Waals surface area (Å²) >= 11 is 0. The van der Waals surface area contributed by atoms with Crippen molar-refractivity contribution in [1.82, 2.24) is 4.90 Å². The Morgan fingerprint density at radius 3 is 2.45 bits per heavy atom. The highest BCUT2D eigenvalue weighted by Crippen LogP contribution is 2.47. The fraction of sp³-hybridized carbons (Fsp3) is 0.412. The Morgan fingerprint density at radius 2 is 1.71 bits per heavy atom. The van der Waals surface area contributed by atoms with Crippen molar-refractivity contribution >= 4 is 23.1 Å². The first kappa shape index (κ1) is 28.3. The van der Waals surface area contributed by atoms with Crippen molar-refractivity contribution in [3.05, 3.63) is 94.7 Å². The molecule has 8 heteroatoms. The Morgan fingerprint density at radius 1 is 0.976 bits per heavy atom. The molecule has 2 saturated carbocycles. The second-order valence-corrected chi connectivity index (χ2v) is 12.0. The molecule has 0 saturated heterocycles. The highest BCUT2D eigenvalue weighted by molar-refractivity contribution is 6.05. The van der Waals surface area contributed by atoms with E-state index >= 15 is 0 Å². The van der Waals surface area contributed by atoms with Gasteiger partial charge in [-0.1, -0.05) is 48.8 Å². The first-order valence-electron chi connectivity index (χ1n) is 14.9. The van der Waals surface area contributed by atoms with E-state index in [9.17, 15) is 22.8 Å². The number of anilines is 2. The second kappa shape index (κ2) is 11.5. The van der Waals surface area contributed by atoms with Gasteiger partial charge in [-0.2, -0.15) is 13.2 Å². The number of amides is 1. The van der Waals surface area contributed by atoms with Crippen molar-refractivity contribution in [3.63, 3.8) is 0 Å². The Labute approximate surface area is 244 Å². The third kappa shape index (κ3) is 5.76. The lowest BCUT2D eigenvalue weighted by Gasteiger charge is -2.39. The molecule has 2 fully saturated rings. The summed E-state index contributed by atoms with van der Waals surface area (Å²) in [5.41, 5.74) is 3.01. The van der Waals surface area contributed by atoms with Crippen LogP contribution in [0.1, 0.15) is 61.1 Å². The Kier molecular flexibility index (Phi) is 7.73. The van der Waals surface area contributed by atoms with Crippen LogP contribution in [0.3, 0.4) is 0 Å². The predicted molar refractivity (Wildman–Crippen MR) is 158 cm³/mol. The first-order chi connectivity index (χ1) is 20.2. The number of carbonyl (C=O) groups excluding carboxylic acids is 2. The number of hydrogen-bond acceptors (Lipinski definition) is 4. The number of benzene rings is 2. The molecular weight excluding hydrogens is 539 g/mol. The number of nitrogens with zero attached hydrogens (tertiary/aromatic N) is 1. The molecule has 3 atom stereocenters. The van der Waals surface area contributed by atoms with Crippen LogP contribution in [0.5, 0.6) is 0 Å². The van der Waals surface area contributed by atoms with Crippen molar-refractivity contribution in [1.29, 1.82) is 0 Å². The molecule has 4 aliphatic rings. The van der Waals surface area contributed by atoms with Gasteiger partial charge in [-0.3, -0.25) is 9.59 Å². The maximum Gasteiger partial charge on any atom is 0.416 e. The lowest BCUT2D eigenvalue weighted by Crippen LogP contribution is -2.38. The van der Waals surface area contributed by atoms with Crippen molar-refractivity contribution in [2.24, 2.45) is 11.8 Å². The summed E-state index contributed by atoms with van der Waals surface area (Å²) in [5, 5.41) is 6.39. The van der Waals surface area contributed by atoms with Gasteiger partial charge in [-0.05, 0) is 86.1 Å². The average Bonchev–Trinajstić information content (AvgIpc) is 3.42. The van der Waals surface area contributed by atoms with Gasteiger partial charge in [0, 0.05) is 42.3 Å². The number of nitrogens with one attached hydrogen (secondary N) is 2.